The molecule has 0 amide bonds. The van der Waals surface area contributed by atoms with Crippen molar-refractivity contribution in [3.8, 4) is 0 Å². The molecular formula is C44H76N2O6. The zero-order valence-electron chi connectivity index (χ0n) is 34.7. The molecule has 12 atom stereocenters. The molecular weight excluding hydrogens is 652 g/mol. The van der Waals surface area contributed by atoms with Crippen LogP contribution in [0.4, 0.5) is 0 Å². The van der Waals surface area contributed by atoms with Crippen LogP contribution in [0.5, 0.6) is 0 Å². The third-order valence-electron chi connectivity index (χ3n) is 14.5. The Bertz CT molecular complexity index is 1150. The van der Waals surface area contributed by atoms with Gasteiger partial charge in [0.2, 0.25) is 0 Å². The van der Waals surface area contributed by atoms with Crippen molar-refractivity contribution >= 4 is 11.9 Å². The first kappa shape index (κ1) is 40.4. The van der Waals surface area contributed by atoms with Crippen molar-refractivity contribution in [2.45, 2.75) is 183 Å². The van der Waals surface area contributed by atoms with Crippen molar-refractivity contribution in [2.75, 3.05) is 26.3 Å². The van der Waals surface area contributed by atoms with Crippen LogP contribution in [0.3, 0.4) is 0 Å². The molecule has 52 heavy (non-hydrogen) atoms. The maximum atomic E-state index is 13.0. The van der Waals surface area contributed by atoms with Crippen molar-refractivity contribution in [2.24, 2.45) is 57.2 Å². The lowest BCUT2D eigenvalue weighted by molar-refractivity contribution is -0.155. The molecule has 0 aromatic carbocycles. The molecule has 298 valence electrons. The fourth-order valence-corrected chi connectivity index (χ4v) is 12.9. The van der Waals surface area contributed by atoms with Crippen LogP contribution < -0.4 is 10.6 Å². The highest BCUT2D eigenvalue weighted by atomic mass is 16.5. The van der Waals surface area contributed by atoms with Crippen LogP contribution >= 0.6 is 0 Å². The van der Waals surface area contributed by atoms with Crippen molar-refractivity contribution in [1.29, 1.82) is 0 Å². The van der Waals surface area contributed by atoms with Gasteiger partial charge in [-0.15, -0.1) is 0 Å². The highest BCUT2D eigenvalue weighted by Gasteiger charge is 2.59. The molecule has 2 saturated heterocycles. The van der Waals surface area contributed by atoms with Gasteiger partial charge in [-0.3, -0.25) is 9.59 Å². The van der Waals surface area contributed by atoms with E-state index in [4.69, 9.17) is 18.9 Å². The Morgan fingerprint density at radius 2 is 0.865 bits per heavy atom. The van der Waals surface area contributed by atoms with Gasteiger partial charge in [0.15, 0.2) is 0 Å². The van der Waals surface area contributed by atoms with Gasteiger partial charge in [-0.1, -0.05) is 55.4 Å². The van der Waals surface area contributed by atoms with E-state index in [1.165, 1.54) is 25.7 Å². The van der Waals surface area contributed by atoms with E-state index in [-0.39, 0.29) is 48.4 Å². The number of ether oxygens (including phenoxy) is 4. The second kappa shape index (κ2) is 15.7. The molecule has 6 rings (SSSR count). The summed E-state index contributed by atoms with van der Waals surface area (Å²) in [7, 11) is 0. The van der Waals surface area contributed by atoms with E-state index in [0.717, 1.165) is 51.6 Å². The monoisotopic (exact) mass is 729 g/mol. The van der Waals surface area contributed by atoms with Crippen molar-refractivity contribution in [1.82, 2.24) is 10.6 Å². The van der Waals surface area contributed by atoms with E-state index in [1.54, 1.807) is 0 Å². The van der Waals surface area contributed by atoms with Crippen molar-refractivity contribution in [3.63, 3.8) is 0 Å². The van der Waals surface area contributed by atoms with Crippen LogP contribution in [-0.2, 0) is 28.5 Å². The van der Waals surface area contributed by atoms with Crippen LogP contribution in [0.15, 0.2) is 0 Å². The number of hydrogen-bond acceptors (Lipinski definition) is 8. The van der Waals surface area contributed by atoms with Crippen LogP contribution in [0.2, 0.25) is 0 Å². The molecule has 4 saturated carbocycles. The molecule has 2 heterocycles. The van der Waals surface area contributed by atoms with Crippen molar-refractivity contribution < 1.29 is 28.5 Å². The summed E-state index contributed by atoms with van der Waals surface area (Å²) in [5.74, 6) is 3.22. The van der Waals surface area contributed by atoms with E-state index in [1.807, 2.05) is 13.8 Å². The topological polar surface area (TPSA) is 95.1 Å². The maximum Gasteiger partial charge on any atom is 0.307 e. The number of carbonyl (C=O) groups excluding carboxylic acids is 2. The first-order valence-electron chi connectivity index (χ1n) is 21.5. The van der Waals surface area contributed by atoms with Crippen LogP contribution in [0, 0.1) is 57.2 Å². The summed E-state index contributed by atoms with van der Waals surface area (Å²) >= 11 is 0. The SMILES string of the molecule is CCOC(=O)CC(NCCCCNC(CC(=O)OCC)[C@H]1O[C@@H]2CC(C)(C)C[C@@H]2[C@H]2CC(C)(C)C[C@H]21)[C@H]1O[C@@H]2CC(C)(C)C[C@@H]2[C@H]2CC(C)(C)C[C@H]21. The largest absolute Gasteiger partial charge is 0.466 e. The molecule has 6 fully saturated rings. The van der Waals surface area contributed by atoms with Gasteiger partial charge >= 0.3 is 11.9 Å². The lowest BCUT2D eigenvalue weighted by atomic mass is 9.73. The van der Waals surface area contributed by atoms with E-state index >= 15 is 0 Å². The Balaban J connectivity index is 1.09. The molecule has 6 aliphatic rings. The summed E-state index contributed by atoms with van der Waals surface area (Å²) in [5, 5.41) is 7.68. The molecule has 0 aromatic heterocycles. The summed E-state index contributed by atoms with van der Waals surface area (Å²) < 4.78 is 25.2. The minimum absolute atomic E-state index is 0.0230. The Kier molecular flexibility index (Phi) is 12.2. The number of carbonyl (C=O) groups is 2. The minimum atomic E-state index is -0.136. The summed E-state index contributed by atoms with van der Waals surface area (Å²) in [5.41, 5.74) is 1.20. The molecule has 2 unspecified atom stereocenters. The van der Waals surface area contributed by atoms with E-state index in [9.17, 15) is 9.59 Å². The fourth-order valence-electron chi connectivity index (χ4n) is 12.9. The van der Waals surface area contributed by atoms with Gasteiger partial charge in [0.25, 0.3) is 0 Å². The third kappa shape index (κ3) is 9.24. The van der Waals surface area contributed by atoms with E-state index in [0.29, 0.717) is 83.2 Å². The first-order chi connectivity index (χ1) is 24.4. The average Bonchev–Trinajstić information content (AvgIpc) is 3.73. The third-order valence-corrected chi connectivity index (χ3v) is 14.5. The maximum absolute atomic E-state index is 13.0. The zero-order chi connectivity index (χ0) is 37.6. The van der Waals surface area contributed by atoms with Gasteiger partial charge in [0.1, 0.15) is 0 Å². The second-order valence-electron chi connectivity index (χ2n) is 21.4. The van der Waals surface area contributed by atoms with Gasteiger partial charge in [-0.05, 0) is 148 Å². The van der Waals surface area contributed by atoms with E-state index < -0.39 is 0 Å². The predicted octanol–water partition coefficient (Wildman–Crippen LogP) is 8.10. The lowest BCUT2D eigenvalue weighted by Gasteiger charge is -2.45. The van der Waals surface area contributed by atoms with Gasteiger partial charge in [-0.25, -0.2) is 0 Å². The average molecular weight is 729 g/mol. The molecule has 0 radical (unpaired) electrons. The Hall–Kier alpha value is -1.22. The van der Waals surface area contributed by atoms with Crippen LogP contribution in [0.25, 0.3) is 0 Å². The smallest absolute Gasteiger partial charge is 0.307 e. The standard InChI is InChI=1S/C44H76N2O6/c1-11-49-37(47)17-33(39-31-23-41(3,4)19-27(31)29-21-43(7,8)25-35(29)51-39)45-15-13-14-16-46-34(18-38(48)50-12-2)40-32-24-42(5,6)20-28(32)30-22-44(9,10)26-36(30)52-40/h27-36,39-40,45-46H,11-26H2,1-10H3/t27-,28-,29-,30-,31-,32-,33?,34?,35-,36-,39+,40+/m1/s1. The van der Waals surface area contributed by atoms with Crippen LogP contribution in [-0.4, -0.2) is 74.7 Å². The van der Waals surface area contributed by atoms with Gasteiger partial charge in [-0.2, -0.15) is 0 Å². The highest BCUT2D eigenvalue weighted by Crippen LogP contribution is 2.61. The lowest BCUT2D eigenvalue weighted by Crippen LogP contribution is -2.54. The normalized spacial score (nSPS) is 38.8. The summed E-state index contributed by atoms with van der Waals surface area (Å²) in [6, 6.07) is -0.118. The first-order valence-corrected chi connectivity index (χ1v) is 21.5. The molecule has 8 heteroatoms. The Morgan fingerprint density at radius 3 is 1.23 bits per heavy atom. The number of esters is 2. The number of unbranched alkanes of at least 4 members (excludes halogenated alkanes) is 1. The zero-order valence-corrected chi connectivity index (χ0v) is 34.7. The number of fused-ring (bicyclic) bond motifs is 6. The highest BCUT2D eigenvalue weighted by molar-refractivity contribution is 5.70. The molecule has 2 aliphatic heterocycles. The number of rotatable bonds is 15. The summed E-state index contributed by atoms with van der Waals surface area (Å²) in [6.07, 6.45) is 12.7. The quantitative estimate of drug-likeness (QED) is 0.129. The van der Waals surface area contributed by atoms with Crippen LogP contribution in [0.1, 0.15) is 146 Å². The number of hydrogen-bond donors (Lipinski definition) is 2. The van der Waals surface area contributed by atoms with Gasteiger partial charge in [0.05, 0.1) is 50.5 Å². The minimum Gasteiger partial charge on any atom is -0.466 e. The van der Waals surface area contributed by atoms with Gasteiger partial charge < -0.3 is 29.6 Å². The van der Waals surface area contributed by atoms with E-state index in [2.05, 4.69) is 66.0 Å². The van der Waals surface area contributed by atoms with Crippen molar-refractivity contribution in [3.05, 3.63) is 0 Å². The molecule has 4 aliphatic carbocycles. The Morgan fingerprint density at radius 1 is 0.538 bits per heavy atom. The molecule has 8 nitrogen and oxygen atoms in total. The molecule has 0 aromatic rings. The molecule has 0 spiro atoms. The fraction of sp³-hybridized carbons (Fsp3) is 0.955. The Labute approximate surface area is 316 Å². The predicted molar refractivity (Wildman–Crippen MR) is 206 cm³/mol. The second-order valence-corrected chi connectivity index (χ2v) is 21.4. The molecule has 2 N–H and O–H groups in total. The van der Waals surface area contributed by atoms with Gasteiger partial charge in [0, 0.05) is 12.1 Å². The molecule has 0 bridgehead atoms. The summed E-state index contributed by atoms with van der Waals surface area (Å²) in [6.45, 7) is 25.5. The summed E-state index contributed by atoms with van der Waals surface area (Å²) in [4.78, 5) is 26.0. The number of nitrogens with one attached hydrogen (secondary N) is 2.